The molecule has 0 aromatic carbocycles. The fraction of sp³-hybridized carbons (Fsp3) is 0.533. The van der Waals surface area contributed by atoms with Gasteiger partial charge in [-0.1, -0.05) is 11.3 Å². The molecule has 2 heterocycles. The molecule has 3 heteroatoms. The van der Waals surface area contributed by atoms with Crippen LogP contribution in [0.5, 0.6) is 0 Å². The Bertz CT molecular complexity index is 535. The molecule has 2 nitrogen and oxygen atoms in total. The van der Waals surface area contributed by atoms with Crippen LogP contribution in [0.15, 0.2) is 12.1 Å². The summed E-state index contributed by atoms with van der Waals surface area (Å²) in [5.74, 6) is 0. The number of rotatable bonds is 1. The highest BCUT2D eigenvalue weighted by molar-refractivity contribution is 7.22. The van der Waals surface area contributed by atoms with E-state index in [1.165, 1.54) is 45.7 Å². The van der Waals surface area contributed by atoms with Gasteiger partial charge < -0.3 is 5.32 Å². The van der Waals surface area contributed by atoms with Crippen molar-refractivity contribution >= 4 is 26.6 Å². The molecule has 0 atom stereocenters. The summed E-state index contributed by atoms with van der Waals surface area (Å²) < 4.78 is 0. The summed E-state index contributed by atoms with van der Waals surface area (Å²) in [6.45, 7) is 6.57. The first-order chi connectivity index (χ1) is 8.51. The molecule has 1 aliphatic carbocycles. The minimum absolute atomic E-state index is 0.112. The van der Waals surface area contributed by atoms with E-state index in [-0.39, 0.29) is 5.54 Å². The van der Waals surface area contributed by atoms with Crippen molar-refractivity contribution in [1.82, 2.24) is 4.98 Å². The first-order valence-electron chi connectivity index (χ1n) is 6.72. The fourth-order valence-electron chi connectivity index (χ4n) is 2.52. The van der Waals surface area contributed by atoms with Crippen LogP contribution in [0.2, 0.25) is 0 Å². The Kier molecular flexibility index (Phi) is 2.81. The quantitative estimate of drug-likeness (QED) is 0.822. The van der Waals surface area contributed by atoms with Gasteiger partial charge in [-0.3, -0.25) is 0 Å². The molecule has 1 aliphatic rings. The number of nitrogens with zero attached hydrogens (tertiary/aromatic N) is 1. The maximum atomic E-state index is 4.84. The molecule has 0 fully saturated rings. The van der Waals surface area contributed by atoms with E-state index in [1.807, 2.05) is 0 Å². The van der Waals surface area contributed by atoms with Crippen molar-refractivity contribution in [3.63, 3.8) is 0 Å². The van der Waals surface area contributed by atoms with Crippen LogP contribution in [0.3, 0.4) is 0 Å². The standard InChI is InChI=1S/C15H20N2S/c1-15(2,3)17-13-9-11-8-10-6-4-5-7-12(10)16-14(11)18-13/h8-9,17H,4-7H2,1-3H3. The Morgan fingerprint density at radius 3 is 2.72 bits per heavy atom. The lowest BCUT2D eigenvalue weighted by atomic mass is 9.96. The first kappa shape index (κ1) is 12.0. The van der Waals surface area contributed by atoms with Gasteiger partial charge in [0.1, 0.15) is 4.83 Å². The zero-order valence-corrected chi connectivity index (χ0v) is 12.2. The Labute approximate surface area is 112 Å². The van der Waals surface area contributed by atoms with Crippen LogP contribution < -0.4 is 5.32 Å². The van der Waals surface area contributed by atoms with E-state index in [1.54, 1.807) is 11.3 Å². The third-order valence-electron chi connectivity index (χ3n) is 3.28. The second kappa shape index (κ2) is 4.23. The lowest BCUT2D eigenvalue weighted by Crippen LogP contribution is -2.25. The number of pyridine rings is 1. The molecule has 0 aliphatic heterocycles. The molecule has 1 N–H and O–H groups in total. The minimum atomic E-state index is 0.112. The predicted octanol–water partition coefficient (Wildman–Crippen LogP) is 4.39. The van der Waals surface area contributed by atoms with Crippen LogP contribution in [-0.2, 0) is 12.8 Å². The zero-order valence-electron chi connectivity index (χ0n) is 11.3. The predicted molar refractivity (Wildman–Crippen MR) is 79.6 cm³/mol. The number of nitrogens with one attached hydrogen (secondary N) is 1. The minimum Gasteiger partial charge on any atom is -0.372 e. The highest BCUT2D eigenvalue weighted by atomic mass is 32.1. The molecule has 0 amide bonds. The van der Waals surface area contributed by atoms with Gasteiger partial charge in [0.15, 0.2) is 0 Å². The van der Waals surface area contributed by atoms with E-state index >= 15 is 0 Å². The van der Waals surface area contributed by atoms with Crippen molar-refractivity contribution in [1.29, 1.82) is 0 Å². The summed E-state index contributed by atoms with van der Waals surface area (Å²) in [7, 11) is 0. The maximum Gasteiger partial charge on any atom is 0.125 e. The third-order valence-corrected chi connectivity index (χ3v) is 4.25. The second-order valence-corrected chi connectivity index (χ2v) is 7.21. The molecule has 0 bridgehead atoms. The van der Waals surface area contributed by atoms with Gasteiger partial charge in [-0.15, -0.1) is 0 Å². The molecule has 0 radical (unpaired) electrons. The summed E-state index contributed by atoms with van der Waals surface area (Å²) in [6, 6.07) is 4.59. The molecular weight excluding hydrogens is 240 g/mol. The van der Waals surface area contributed by atoms with E-state index in [4.69, 9.17) is 4.98 Å². The van der Waals surface area contributed by atoms with Gasteiger partial charge in [0.25, 0.3) is 0 Å². The number of aromatic nitrogens is 1. The van der Waals surface area contributed by atoms with Gasteiger partial charge in [-0.2, -0.15) is 0 Å². The number of hydrogen-bond donors (Lipinski definition) is 1. The van der Waals surface area contributed by atoms with Crippen LogP contribution >= 0.6 is 11.3 Å². The van der Waals surface area contributed by atoms with E-state index in [0.29, 0.717) is 0 Å². The highest BCUT2D eigenvalue weighted by Gasteiger charge is 2.15. The maximum absolute atomic E-state index is 4.84. The number of fused-ring (bicyclic) bond motifs is 2. The van der Waals surface area contributed by atoms with E-state index in [0.717, 1.165) is 6.42 Å². The van der Waals surface area contributed by atoms with Crippen LogP contribution in [-0.4, -0.2) is 10.5 Å². The van der Waals surface area contributed by atoms with E-state index in [9.17, 15) is 0 Å². The number of hydrogen-bond acceptors (Lipinski definition) is 3. The van der Waals surface area contributed by atoms with E-state index < -0.39 is 0 Å². The molecular formula is C15H20N2S. The lowest BCUT2D eigenvalue weighted by molar-refractivity contribution is 0.636. The SMILES string of the molecule is CC(C)(C)Nc1cc2cc3c(nc2s1)CCCC3. The molecule has 3 rings (SSSR count). The van der Waals surface area contributed by atoms with Crippen molar-refractivity contribution in [2.24, 2.45) is 0 Å². The van der Waals surface area contributed by atoms with Crippen LogP contribution in [0.25, 0.3) is 10.2 Å². The van der Waals surface area contributed by atoms with Crippen LogP contribution in [0, 0.1) is 0 Å². The molecule has 0 unspecified atom stereocenters. The zero-order chi connectivity index (χ0) is 12.8. The summed E-state index contributed by atoms with van der Waals surface area (Å²) in [6.07, 6.45) is 4.97. The molecule has 96 valence electrons. The average Bonchev–Trinajstić information content (AvgIpc) is 2.63. The Morgan fingerprint density at radius 1 is 1.17 bits per heavy atom. The lowest BCUT2D eigenvalue weighted by Gasteiger charge is -2.20. The monoisotopic (exact) mass is 260 g/mol. The molecule has 0 saturated carbocycles. The largest absolute Gasteiger partial charge is 0.372 e. The number of thiophene rings is 1. The third kappa shape index (κ3) is 2.37. The summed E-state index contributed by atoms with van der Waals surface area (Å²) in [5, 5.41) is 6.07. The molecule has 0 saturated heterocycles. The summed E-state index contributed by atoms with van der Waals surface area (Å²) in [4.78, 5) is 6.03. The number of anilines is 1. The van der Waals surface area contributed by atoms with Crippen molar-refractivity contribution in [2.75, 3.05) is 5.32 Å². The first-order valence-corrected chi connectivity index (χ1v) is 7.53. The van der Waals surface area contributed by atoms with Gasteiger partial charge >= 0.3 is 0 Å². The average molecular weight is 260 g/mol. The van der Waals surface area contributed by atoms with Crippen molar-refractivity contribution in [2.45, 2.75) is 52.0 Å². The van der Waals surface area contributed by atoms with Gasteiger partial charge in [-0.25, -0.2) is 4.98 Å². The molecule has 2 aromatic rings. The summed E-state index contributed by atoms with van der Waals surface area (Å²) >= 11 is 1.77. The normalized spacial score (nSPS) is 15.7. The molecule has 18 heavy (non-hydrogen) atoms. The Hall–Kier alpha value is -1.09. The van der Waals surface area contributed by atoms with Crippen LogP contribution in [0.1, 0.15) is 44.9 Å². The van der Waals surface area contributed by atoms with Gasteiger partial charge in [0.05, 0.1) is 5.00 Å². The highest BCUT2D eigenvalue weighted by Crippen LogP contribution is 2.33. The fourth-order valence-corrected chi connectivity index (χ4v) is 3.67. The van der Waals surface area contributed by atoms with Crippen molar-refractivity contribution in [3.8, 4) is 0 Å². The van der Waals surface area contributed by atoms with Gasteiger partial charge in [0.2, 0.25) is 0 Å². The Balaban J connectivity index is 2.01. The second-order valence-electron chi connectivity index (χ2n) is 6.18. The van der Waals surface area contributed by atoms with Crippen molar-refractivity contribution in [3.05, 3.63) is 23.4 Å². The van der Waals surface area contributed by atoms with E-state index in [2.05, 4.69) is 38.2 Å². The topological polar surface area (TPSA) is 24.9 Å². The van der Waals surface area contributed by atoms with Crippen molar-refractivity contribution < 1.29 is 0 Å². The number of aryl methyl sites for hydroxylation is 2. The Morgan fingerprint density at radius 2 is 1.94 bits per heavy atom. The van der Waals surface area contributed by atoms with Gasteiger partial charge in [0, 0.05) is 16.6 Å². The molecule has 2 aromatic heterocycles. The smallest absolute Gasteiger partial charge is 0.125 e. The molecule has 0 spiro atoms. The summed E-state index contributed by atoms with van der Waals surface area (Å²) in [5.41, 5.74) is 2.91. The van der Waals surface area contributed by atoms with Crippen LogP contribution in [0.4, 0.5) is 5.00 Å². The van der Waals surface area contributed by atoms with Gasteiger partial charge in [-0.05, 0) is 64.2 Å².